The zero-order chi connectivity index (χ0) is 13.3. The molecule has 4 nitrogen and oxygen atoms in total. The van der Waals surface area contributed by atoms with Crippen LogP contribution in [0.5, 0.6) is 0 Å². The first-order valence-electron chi connectivity index (χ1n) is 5.26. The van der Waals surface area contributed by atoms with Crippen LogP contribution in [0.15, 0.2) is 22.1 Å². The molecule has 0 fully saturated rings. The van der Waals surface area contributed by atoms with E-state index < -0.39 is 0 Å². The number of amides is 1. The predicted octanol–water partition coefficient (Wildman–Crippen LogP) is 3.36. The summed E-state index contributed by atoms with van der Waals surface area (Å²) in [7, 11) is 0. The molecule has 0 aliphatic heterocycles. The van der Waals surface area contributed by atoms with Crippen molar-refractivity contribution in [3.05, 3.63) is 38.3 Å². The van der Waals surface area contributed by atoms with Crippen molar-refractivity contribution in [1.29, 1.82) is 0 Å². The first-order valence-corrected chi connectivity index (χ1v) is 6.93. The van der Waals surface area contributed by atoms with Gasteiger partial charge in [-0.25, -0.2) is 4.98 Å². The van der Waals surface area contributed by atoms with Crippen LogP contribution in [0.1, 0.15) is 20.9 Å². The number of aromatic nitrogens is 1. The summed E-state index contributed by atoms with van der Waals surface area (Å²) in [5.74, 6) is -0.189. The molecule has 0 spiro atoms. The number of aryl methyl sites for hydroxylation is 2. The van der Waals surface area contributed by atoms with Gasteiger partial charge in [0.25, 0.3) is 5.91 Å². The highest BCUT2D eigenvalue weighted by Gasteiger charge is 2.15. The first kappa shape index (κ1) is 13.0. The third-order valence-corrected chi connectivity index (χ3v) is 4.01. The van der Waals surface area contributed by atoms with E-state index in [9.17, 15) is 4.79 Å². The monoisotopic (exact) mass is 325 g/mol. The lowest BCUT2D eigenvalue weighted by atomic mass is 10.2. The highest BCUT2D eigenvalue weighted by atomic mass is 79.9. The first-order chi connectivity index (χ1) is 8.49. The van der Waals surface area contributed by atoms with E-state index in [1.807, 2.05) is 19.1 Å². The normalized spacial score (nSPS) is 10.4. The number of nitrogens with zero attached hydrogens (tertiary/aromatic N) is 1. The van der Waals surface area contributed by atoms with Gasteiger partial charge in [-0.1, -0.05) is 0 Å². The summed E-state index contributed by atoms with van der Waals surface area (Å²) in [6, 6.07) is 3.73. The van der Waals surface area contributed by atoms with E-state index in [-0.39, 0.29) is 5.91 Å². The van der Waals surface area contributed by atoms with E-state index in [4.69, 9.17) is 5.73 Å². The molecule has 2 aromatic rings. The maximum atomic E-state index is 12.1. The third kappa shape index (κ3) is 2.54. The molecule has 1 amide bonds. The maximum absolute atomic E-state index is 12.1. The summed E-state index contributed by atoms with van der Waals surface area (Å²) in [5, 5.41) is 2.81. The van der Waals surface area contributed by atoms with Gasteiger partial charge >= 0.3 is 0 Å². The minimum atomic E-state index is -0.189. The lowest BCUT2D eigenvalue weighted by molar-refractivity contribution is 0.103. The van der Waals surface area contributed by atoms with Gasteiger partial charge in [0.15, 0.2) is 0 Å². The van der Waals surface area contributed by atoms with Crippen molar-refractivity contribution in [3.63, 3.8) is 0 Å². The fraction of sp³-hybridized carbons (Fsp3) is 0.167. The van der Waals surface area contributed by atoms with Crippen molar-refractivity contribution < 1.29 is 4.79 Å². The second-order valence-corrected chi connectivity index (χ2v) is 5.64. The summed E-state index contributed by atoms with van der Waals surface area (Å²) in [6.45, 7) is 3.75. The van der Waals surface area contributed by atoms with Crippen LogP contribution in [-0.4, -0.2) is 10.9 Å². The number of thiazole rings is 1. The number of hydrogen-bond donors (Lipinski definition) is 2. The van der Waals surface area contributed by atoms with Crippen molar-refractivity contribution in [1.82, 2.24) is 4.98 Å². The molecule has 0 aliphatic rings. The molecule has 0 atom stereocenters. The highest BCUT2D eigenvalue weighted by molar-refractivity contribution is 9.10. The molecule has 18 heavy (non-hydrogen) atoms. The molecule has 1 aromatic carbocycles. The second kappa shape index (κ2) is 5.07. The van der Waals surface area contributed by atoms with Crippen molar-refractivity contribution in [3.8, 4) is 0 Å². The Morgan fingerprint density at radius 2 is 2.17 bits per heavy atom. The largest absolute Gasteiger partial charge is 0.397 e. The zero-order valence-electron chi connectivity index (χ0n) is 9.95. The number of hydrogen-bond acceptors (Lipinski definition) is 4. The fourth-order valence-electron chi connectivity index (χ4n) is 1.59. The second-order valence-electron chi connectivity index (χ2n) is 3.93. The number of nitrogens with two attached hydrogens (primary N) is 1. The molecule has 0 radical (unpaired) electrons. The molecule has 1 aromatic heterocycles. The third-order valence-electron chi connectivity index (χ3n) is 2.46. The molecular formula is C12H12BrN3OS. The van der Waals surface area contributed by atoms with E-state index in [2.05, 4.69) is 26.2 Å². The number of anilines is 2. The average molecular weight is 326 g/mol. The van der Waals surface area contributed by atoms with Crippen molar-refractivity contribution in [2.45, 2.75) is 13.8 Å². The molecule has 0 saturated heterocycles. The number of rotatable bonds is 2. The SMILES string of the molecule is Cc1cc(N)c(NC(=O)c2scnc2C)c(Br)c1. The molecule has 3 N–H and O–H groups in total. The van der Waals surface area contributed by atoms with Gasteiger partial charge in [0.2, 0.25) is 0 Å². The van der Waals surface area contributed by atoms with Gasteiger partial charge in [-0.3, -0.25) is 4.79 Å². The maximum Gasteiger partial charge on any atom is 0.267 e. The summed E-state index contributed by atoms with van der Waals surface area (Å²) < 4.78 is 0.774. The molecule has 0 bridgehead atoms. The summed E-state index contributed by atoms with van der Waals surface area (Å²) >= 11 is 4.71. The van der Waals surface area contributed by atoms with Crippen molar-refractivity contribution >= 4 is 44.5 Å². The number of carbonyl (C=O) groups excluding carboxylic acids is 1. The Balaban J connectivity index is 2.31. The molecule has 0 saturated carbocycles. The summed E-state index contributed by atoms with van der Waals surface area (Å²) in [5.41, 5.74) is 10.4. The Hall–Kier alpha value is -1.40. The molecule has 0 unspecified atom stereocenters. The smallest absolute Gasteiger partial charge is 0.267 e. The van der Waals surface area contributed by atoms with Gasteiger partial charge in [0, 0.05) is 4.47 Å². The number of benzene rings is 1. The number of nitrogens with one attached hydrogen (secondary N) is 1. The van der Waals surface area contributed by atoms with E-state index in [1.165, 1.54) is 11.3 Å². The quantitative estimate of drug-likeness (QED) is 0.832. The highest BCUT2D eigenvalue weighted by Crippen LogP contribution is 2.31. The van der Waals surface area contributed by atoms with Crippen molar-refractivity contribution in [2.75, 3.05) is 11.1 Å². The zero-order valence-corrected chi connectivity index (χ0v) is 12.4. The van der Waals surface area contributed by atoms with Crippen LogP contribution >= 0.6 is 27.3 Å². The Bertz CT molecular complexity index is 586. The number of nitrogen functional groups attached to an aromatic ring is 1. The molecule has 0 aliphatic carbocycles. The van der Waals surface area contributed by atoms with E-state index in [0.29, 0.717) is 16.3 Å². The van der Waals surface area contributed by atoms with Crippen molar-refractivity contribution in [2.24, 2.45) is 0 Å². The van der Waals surface area contributed by atoms with Gasteiger partial charge < -0.3 is 11.1 Å². The van der Waals surface area contributed by atoms with Crippen LogP contribution in [0.2, 0.25) is 0 Å². The predicted molar refractivity (Wildman–Crippen MR) is 78.1 cm³/mol. The molecule has 6 heteroatoms. The average Bonchev–Trinajstić information content (AvgIpc) is 2.69. The van der Waals surface area contributed by atoms with Crippen LogP contribution in [0, 0.1) is 13.8 Å². The number of carbonyl (C=O) groups is 1. The molecule has 2 rings (SSSR count). The Morgan fingerprint density at radius 1 is 1.44 bits per heavy atom. The van der Waals surface area contributed by atoms with E-state index in [0.717, 1.165) is 15.7 Å². The van der Waals surface area contributed by atoms with Gasteiger partial charge in [-0.05, 0) is 47.5 Å². The van der Waals surface area contributed by atoms with E-state index >= 15 is 0 Å². The minimum Gasteiger partial charge on any atom is -0.397 e. The molecule has 1 heterocycles. The molecule has 94 valence electrons. The topological polar surface area (TPSA) is 68.0 Å². The van der Waals surface area contributed by atoms with Gasteiger partial charge in [0.05, 0.1) is 22.6 Å². The Morgan fingerprint density at radius 3 is 2.72 bits per heavy atom. The summed E-state index contributed by atoms with van der Waals surface area (Å²) in [4.78, 5) is 16.7. The lowest BCUT2D eigenvalue weighted by Crippen LogP contribution is -2.13. The van der Waals surface area contributed by atoms with Gasteiger partial charge in [-0.15, -0.1) is 11.3 Å². The Labute approximate surface area is 117 Å². The van der Waals surface area contributed by atoms with Crippen LogP contribution in [-0.2, 0) is 0 Å². The van der Waals surface area contributed by atoms with Crippen LogP contribution in [0.25, 0.3) is 0 Å². The standard InChI is InChI=1S/C12H12BrN3OS/c1-6-3-8(13)10(9(14)4-6)16-12(17)11-7(2)15-5-18-11/h3-5H,14H2,1-2H3,(H,16,17). The van der Waals surface area contributed by atoms with E-state index in [1.54, 1.807) is 12.4 Å². The molecular weight excluding hydrogens is 314 g/mol. The van der Waals surface area contributed by atoms with Crippen LogP contribution < -0.4 is 11.1 Å². The minimum absolute atomic E-state index is 0.189. The fourth-order valence-corrected chi connectivity index (χ4v) is 2.98. The number of halogens is 1. The summed E-state index contributed by atoms with van der Waals surface area (Å²) in [6.07, 6.45) is 0. The van der Waals surface area contributed by atoms with Crippen LogP contribution in [0.4, 0.5) is 11.4 Å². The Kier molecular flexibility index (Phi) is 3.68. The van der Waals surface area contributed by atoms with Gasteiger partial charge in [0.1, 0.15) is 4.88 Å². The van der Waals surface area contributed by atoms with Crippen LogP contribution in [0.3, 0.4) is 0 Å². The lowest BCUT2D eigenvalue weighted by Gasteiger charge is -2.10. The van der Waals surface area contributed by atoms with Gasteiger partial charge in [-0.2, -0.15) is 0 Å².